The van der Waals surface area contributed by atoms with E-state index in [9.17, 15) is 40.9 Å². The highest BCUT2D eigenvalue weighted by Gasteiger charge is 2.49. The van der Waals surface area contributed by atoms with E-state index >= 15 is 0 Å². The van der Waals surface area contributed by atoms with Gasteiger partial charge in [0.2, 0.25) is 12.6 Å². The molecule has 8 N–H and O–H groups in total. The van der Waals surface area contributed by atoms with Gasteiger partial charge in [-0.3, -0.25) is 0 Å². The summed E-state index contributed by atoms with van der Waals surface area (Å²) in [6.07, 6.45) is -15.0. The average Bonchev–Trinajstić information content (AvgIpc) is 3.72. The van der Waals surface area contributed by atoms with Crippen molar-refractivity contribution in [3.63, 3.8) is 0 Å². The predicted molar refractivity (Wildman–Crippen MR) is 159 cm³/mol. The second-order valence-corrected chi connectivity index (χ2v) is 12.3. The zero-order valence-electron chi connectivity index (χ0n) is 26.2. The van der Waals surface area contributed by atoms with E-state index in [4.69, 9.17) is 37.9 Å². The Labute approximate surface area is 275 Å². The third-order valence-electron chi connectivity index (χ3n) is 9.48. The first-order chi connectivity index (χ1) is 23.1. The molecule has 6 rings (SSSR count). The van der Waals surface area contributed by atoms with Crippen LogP contribution in [0.2, 0.25) is 0 Å². The average molecular weight is 683 g/mol. The molecule has 2 aromatic carbocycles. The fourth-order valence-corrected chi connectivity index (χ4v) is 6.73. The Kier molecular flexibility index (Phi) is 10.6. The lowest BCUT2D eigenvalue weighted by molar-refractivity contribution is -0.277. The highest BCUT2D eigenvalue weighted by Crippen LogP contribution is 2.52. The maximum absolute atomic E-state index is 10.4. The number of hydrogen-bond donors (Lipinski definition) is 8. The van der Waals surface area contributed by atoms with Gasteiger partial charge >= 0.3 is 0 Å². The van der Waals surface area contributed by atoms with Crippen molar-refractivity contribution >= 4 is 0 Å². The molecule has 0 saturated carbocycles. The fraction of sp³-hybridized carbons (Fsp3) is 0.625. The molecule has 4 aliphatic rings. The number of hydrogen-bond acceptors (Lipinski definition) is 16. The lowest BCUT2D eigenvalue weighted by Gasteiger charge is -2.39. The second kappa shape index (κ2) is 14.6. The number of aliphatic hydroxyl groups excluding tert-OH is 8. The molecular weight excluding hydrogens is 640 g/mol. The molecular formula is C32H42O16. The molecule has 4 aliphatic heterocycles. The molecule has 4 saturated heterocycles. The maximum atomic E-state index is 10.4. The lowest BCUT2D eigenvalue weighted by atomic mass is 9.85. The molecule has 16 heteroatoms. The molecule has 0 amide bonds. The molecule has 0 aliphatic carbocycles. The van der Waals surface area contributed by atoms with Gasteiger partial charge in [-0.05, 0) is 35.4 Å². The van der Waals surface area contributed by atoms with Gasteiger partial charge in [0.25, 0.3) is 0 Å². The molecule has 266 valence electrons. The van der Waals surface area contributed by atoms with Crippen molar-refractivity contribution in [1.29, 1.82) is 0 Å². The highest BCUT2D eigenvalue weighted by molar-refractivity contribution is 5.46. The molecule has 0 spiro atoms. The molecule has 48 heavy (non-hydrogen) atoms. The minimum atomic E-state index is -1.59. The number of ether oxygens (including phenoxy) is 8. The molecule has 0 aromatic heterocycles. The highest BCUT2D eigenvalue weighted by atomic mass is 16.7. The summed E-state index contributed by atoms with van der Waals surface area (Å²) >= 11 is 0. The quantitative estimate of drug-likeness (QED) is 0.137. The number of aliphatic hydroxyl groups is 8. The summed E-state index contributed by atoms with van der Waals surface area (Å²) in [6, 6.07) is 10.3. The van der Waals surface area contributed by atoms with Crippen LogP contribution in [0, 0.1) is 11.8 Å². The Morgan fingerprint density at radius 2 is 0.958 bits per heavy atom. The zero-order chi connectivity index (χ0) is 34.3. The number of rotatable bonds is 10. The first-order valence-corrected chi connectivity index (χ1v) is 15.6. The largest absolute Gasteiger partial charge is 0.493 e. The van der Waals surface area contributed by atoms with Gasteiger partial charge in [0.05, 0.1) is 52.9 Å². The Balaban J connectivity index is 1.14. The van der Waals surface area contributed by atoms with Crippen LogP contribution in [-0.2, 0) is 18.9 Å². The minimum absolute atomic E-state index is 0.0204. The van der Waals surface area contributed by atoms with E-state index < -0.39 is 74.6 Å². The van der Waals surface area contributed by atoms with Crippen LogP contribution >= 0.6 is 0 Å². The Morgan fingerprint density at radius 3 is 1.31 bits per heavy atom. The lowest BCUT2D eigenvalue weighted by Crippen LogP contribution is -2.60. The van der Waals surface area contributed by atoms with E-state index in [0.29, 0.717) is 24.7 Å². The summed E-state index contributed by atoms with van der Waals surface area (Å²) in [5.41, 5.74) is 1.59. The topological polar surface area (TPSA) is 236 Å². The van der Waals surface area contributed by atoms with Crippen molar-refractivity contribution in [3.05, 3.63) is 47.5 Å². The van der Waals surface area contributed by atoms with Gasteiger partial charge < -0.3 is 78.7 Å². The van der Waals surface area contributed by atoms with Gasteiger partial charge in [-0.1, -0.05) is 12.1 Å². The van der Waals surface area contributed by atoms with Crippen LogP contribution in [0.1, 0.15) is 23.3 Å². The molecule has 0 bridgehead atoms. The van der Waals surface area contributed by atoms with Gasteiger partial charge in [0, 0.05) is 11.8 Å². The zero-order valence-corrected chi connectivity index (χ0v) is 26.2. The van der Waals surface area contributed by atoms with Crippen LogP contribution in [0.3, 0.4) is 0 Å². The number of methoxy groups -OCH3 is 2. The van der Waals surface area contributed by atoms with Crippen molar-refractivity contribution in [2.75, 3.05) is 40.6 Å². The monoisotopic (exact) mass is 682 g/mol. The van der Waals surface area contributed by atoms with Crippen LogP contribution in [0.4, 0.5) is 0 Å². The van der Waals surface area contributed by atoms with Crippen molar-refractivity contribution in [2.24, 2.45) is 11.8 Å². The van der Waals surface area contributed by atoms with Crippen molar-refractivity contribution < 1.29 is 78.7 Å². The van der Waals surface area contributed by atoms with Crippen molar-refractivity contribution in [1.82, 2.24) is 0 Å². The third kappa shape index (κ3) is 6.44. The Morgan fingerprint density at radius 1 is 0.562 bits per heavy atom. The SMILES string of the molecule is COc1cc([C@H]2OC[C@H]3[C@@H]2CO[C@@H]3c2ccc(O[C@@H]3O[C@@H](CO)[C@H](O)[C@@H](O)[C@@H]3O)c(OC)c2)ccc1O[C@@H]1O[C@H](CO)[C@@H](O)[C@H](O)[C@@H]1O. The van der Waals surface area contributed by atoms with Crippen molar-refractivity contribution in [2.45, 2.75) is 73.6 Å². The maximum Gasteiger partial charge on any atom is 0.229 e. The van der Waals surface area contributed by atoms with Crippen LogP contribution in [-0.4, -0.2) is 143 Å². The molecule has 0 radical (unpaired) electrons. The first-order valence-electron chi connectivity index (χ1n) is 15.6. The van der Waals surface area contributed by atoms with E-state index in [0.717, 1.165) is 11.1 Å². The van der Waals surface area contributed by atoms with Crippen LogP contribution in [0.25, 0.3) is 0 Å². The molecule has 2 aromatic rings. The summed E-state index contributed by atoms with van der Waals surface area (Å²) in [5.74, 6) is 0.997. The van der Waals surface area contributed by atoms with Crippen LogP contribution < -0.4 is 18.9 Å². The van der Waals surface area contributed by atoms with E-state index in [2.05, 4.69) is 0 Å². The normalized spacial score (nSPS) is 39.5. The fourth-order valence-electron chi connectivity index (χ4n) is 6.73. The summed E-state index contributed by atoms with van der Waals surface area (Å²) in [7, 11) is 2.90. The van der Waals surface area contributed by atoms with Crippen molar-refractivity contribution in [3.8, 4) is 23.0 Å². The molecule has 0 unspecified atom stereocenters. The Bertz CT molecular complexity index is 1290. The standard InChI is InChI=1S/C32H42O16/c1-41-19-7-13(3-5-17(19)45-31-27(39)25(37)23(35)21(9-33)47-31)29-15-11-44-30(16(15)12-43-29)14-4-6-18(20(8-14)42-2)46-32-28(40)26(38)24(36)22(10-34)48-32/h3-8,15-16,21-40H,9-12H2,1-2H3/t15-,16-,21-,22+,23-,24+,25+,26-,27-,28-,29+,30+,31+,32+/m0/s1. The number of benzene rings is 2. The van der Waals surface area contributed by atoms with Gasteiger partial charge in [-0.25, -0.2) is 0 Å². The van der Waals surface area contributed by atoms with E-state index in [1.807, 2.05) is 0 Å². The molecule has 4 fully saturated rings. The van der Waals surface area contributed by atoms with Crippen LogP contribution in [0.15, 0.2) is 36.4 Å². The van der Waals surface area contributed by atoms with Gasteiger partial charge in [-0.15, -0.1) is 0 Å². The molecule has 4 heterocycles. The van der Waals surface area contributed by atoms with E-state index in [1.54, 1.807) is 36.4 Å². The summed E-state index contributed by atoms with van der Waals surface area (Å²) in [5, 5.41) is 80.1. The summed E-state index contributed by atoms with van der Waals surface area (Å²) in [4.78, 5) is 0. The van der Waals surface area contributed by atoms with E-state index in [-0.39, 0.29) is 35.5 Å². The van der Waals surface area contributed by atoms with E-state index in [1.165, 1.54) is 14.2 Å². The second-order valence-electron chi connectivity index (χ2n) is 12.3. The first kappa shape index (κ1) is 35.0. The molecule has 14 atom stereocenters. The number of fused-ring (bicyclic) bond motifs is 1. The van der Waals surface area contributed by atoms with Gasteiger partial charge in [-0.2, -0.15) is 0 Å². The predicted octanol–water partition coefficient (Wildman–Crippen LogP) is -1.86. The van der Waals surface area contributed by atoms with Gasteiger partial charge in [0.1, 0.15) is 48.8 Å². The third-order valence-corrected chi connectivity index (χ3v) is 9.48. The molecule has 16 nitrogen and oxygen atoms in total. The summed E-state index contributed by atoms with van der Waals surface area (Å²) in [6.45, 7) is -0.371. The van der Waals surface area contributed by atoms with Gasteiger partial charge in [0.15, 0.2) is 23.0 Å². The Hall–Kier alpha value is -2.84. The smallest absolute Gasteiger partial charge is 0.229 e. The minimum Gasteiger partial charge on any atom is -0.493 e. The van der Waals surface area contributed by atoms with Crippen LogP contribution in [0.5, 0.6) is 23.0 Å². The summed E-state index contributed by atoms with van der Waals surface area (Å²) < 4.78 is 46.1.